The van der Waals surface area contributed by atoms with E-state index in [0.29, 0.717) is 38.4 Å². The maximum atomic E-state index is 16.2. The first-order valence-electron chi connectivity index (χ1n) is 20.4. The van der Waals surface area contributed by atoms with Crippen molar-refractivity contribution in [3.8, 4) is 0 Å². The van der Waals surface area contributed by atoms with Crippen LogP contribution in [0.15, 0.2) is 119 Å². The van der Waals surface area contributed by atoms with Gasteiger partial charge >= 0.3 is 0 Å². The molecule has 0 spiro atoms. The van der Waals surface area contributed by atoms with Gasteiger partial charge in [0.2, 0.25) is 11.8 Å². The van der Waals surface area contributed by atoms with E-state index < -0.39 is 88.0 Å². The molecule has 4 amide bonds. The monoisotopic (exact) mass is 1010 g/mol. The SMILES string of the molecule is CN(C)Cc1cccc(S(=O)(=O)N2C(=O)CCc3ccc(N(C(=O)c4c(F)ccc(NC(=O)c5c(F)cccc5Cl)c4Cl)c4ccc5c(c4)N(S(=O)(=O)c4ccc(F)c(F)c4)C(=O)CC5)cc32)c1. The molecule has 0 unspecified atom stereocenters. The Balaban J connectivity index is 1.31. The van der Waals surface area contributed by atoms with Gasteiger partial charge in [-0.25, -0.2) is 43.0 Å². The molecule has 2 heterocycles. The molecule has 0 fully saturated rings. The number of hydrogen-bond donors (Lipinski definition) is 1. The van der Waals surface area contributed by atoms with Gasteiger partial charge in [-0.15, -0.1) is 0 Å². The maximum absolute atomic E-state index is 16.2. The number of benzene rings is 6. The van der Waals surface area contributed by atoms with Crippen LogP contribution in [0.2, 0.25) is 10.0 Å². The van der Waals surface area contributed by atoms with Gasteiger partial charge in [0.1, 0.15) is 11.6 Å². The predicted octanol–water partition coefficient (Wildman–Crippen LogP) is 9.18. The van der Waals surface area contributed by atoms with Gasteiger partial charge in [-0.3, -0.25) is 24.1 Å². The van der Waals surface area contributed by atoms with Crippen molar-refractivity contribution in [2.45, 2.75) is 42.0 Å². The largest absolute Gasteiger partial charge is 0.320 e. The van der Waals surface area contributed by atoms with Crippen LogP contribution in [-0.4, -0.2) is 59.5 Å². The Morgan fingerprint density at radius 2 is 1.16 bits per heavy atom. The second-order valence-corrected chi connectivity index (χ2v) is 20.2. The highest BCUT2D eigenvalue weighted by molar-refractivity contribution is 7.94. The summed E-state index contributed by atoms with van der Waals surface area (Å²) in [4.78, 5) is 57.5. The molecule has 0 aromatic heterocycles. The fraction of sp³-hybridized carbons (Fsp3) is 0.149. The maximum Gasteiger partial charge on any atom is 0.271 e. The molecule has 350 valence electrons. The molecule has 68 heavy (non-hydrogen) atoms. The summed E-state index contributed by atoms with van der Waals surface area (Å²) >= 11 is 12.8. The topological polar surface area (TPSA) is 162 Å². The van der Waals surface area contributed by atoms with E-state index in [1.165, 1.54) is 60.7 Å². The quantitative estimate of drug-likeness (QED) is 0.125. The smallest absolute Gasteiger partial charge is 0.271 e. The summed E-state index contributed by atoms with van der Waals surface area (Å²) in [5.74, 6) is -9.35. The molecule has 2 aliphatic rings. The number of nitrogens with zero attached hydrogens (tertiary/aromatic N) is 4. The molecule has 2 aliphatic heterocycles. The van der Waals surface area contributed by atoms with Crippen LogP contribution in [0.4, 0.5) is 46.0 Å². The zero-order chi connectivity index (χ0) is 49.0. The first kappa shape index (κ1) is 47.8. The minimum Gasteiger partial charge on any atom is -0.320 e. The van der Waals surface area contributed by atoms with Gasteiger partial charge in [-0.1, -0.05) is 53.5 Å². The van der Waals surface area contributed by atoms with Gasteiger partial charge in [-0.05, 0) is 122 Å². The van der Waals surface area contributed by atoms with Crippen LogP contribution in [0.1, 0.15) is 50.2 Å². The molecule has 0 saturated carbocycles. The Labute approximate surface area is 397 Å². The Morgan fingerprint density at radius 3 is 1.72 bits per heavy atom. The number of nitrogens with one attached hydrogen (secondary N) is 1. The molecule has 0 bridgehead atoms. The molecular formula is C47H35Cl2F4N5O8S2. The van der Waals surface area contributed by atoms with Crippen LogP contribution in [0.5, 0.6) is 0 Å². The van der Waals surface area contributed by atoms with E-state index in [0.717, 1.165) is 35.2 Å². The van der Waals surface area contributed by atoms with Crippen LogP contribution in [0.25, 0.3) is 0 Å². The lowest BCUT2D eigenvalue weighted by molar-refractivity contribution is -0.118. The van der Waals surface area contributed by atoms with Crippen molar-refractivity contribution in [2.24, 2.45) is 0 Å². The number of aryl methyl sites for hydroxylation is 2. The van der Waals surface area contributed by atoms with Crippen LogP contribution < -0.4 is 18.8 Å². The van der Waals surface area contributed by atoms with Crippen molar-refractivity contribution in [1.82, 2.24) is 4.90 Å². The summed E-state index contributed by atoms with van der Waals surface area (Å²) in [5, 5.41) is 1.35. The van der Waals surface area contributed by atoms with Crippen LogP contribution >= 0.6 is 23.2 Å². The normalized spacial score (nSPS) is 13.9. The number of amides is 4. The van der Waals surface area contributed by atoms with Crippen molar-refractivity contribution in [1.29, 1.82) is 0 Å². The van der Waals surface area contributed by atoms with Gasteiger partial charge in [0, 0.05) is 19.4 Å². The van der Waals surface area contributed by atoms with E-state index >= 15 is 9.18 Å². The minimum absolute atomic E-state index is 0.00998. The summed E-state index contributed by atoms with van der Waals surface area (Å²) in [6.45, 7) is 0.363. The molecule has 1 N–H and O–H groups in total. The zero-order valence-corrected chi connectivity index (χ0v) is 38.7. The van der Waals surface area contributed by atoms with E-state index in [1.807, 2.05) is 4.90 Å². The predicted molar refractivity (Wildman–Crippen MR) is 246 cm³/mol. The molecule has 6 aromatic rings. The number of hydrogen-bond acceptors (Lipinski definition) is 9. The number of rotatable bonds is 11. The third kappa shape index (κ3) is 8.82. The second-order valence-electron chi connectivity index (χ2n) is 15.9. The summed E-state index contributed by atoms with van der Waals surface area (Å²) < 4.78 is 118. The van der Waals surface area contributed by atoms with E-state index in [2.05, 4.69) is 5.32 Å². The Hall–Kier alpha value is -6.64. The molecule has 0 aliphatic carbocycles. The van der Waals surface area contributed by atoms with E-state index in [9.17, 15) is 44.4 Å². The van der Waals surface area contributed by atoms with Crippen molar-refractivity contribution in [3.05, 3.63) is 170 Å². The fourth-order valence-corrected chi connectivity index (χ4v) is 11.5. The van der Waals surface area contributed by atoms with Crippen molar-refractivity contribution in [2.75, 3.05) is 32.9 Å². The average molecular weight is 1010 g/mol. The van der Waals surface area contributed by atoms with Gasteiger partial charge < -0.3 is 10.2 Å². The lowest BCUT2D eigenvalue weighted by Gasteiger charge is -2.33. The summed E-state index contributed by atoms with van der Waals surface area (Å²) in [7, 11) is -6.05. The third-order valence-electron chi connectivity index (χ3n) is 11.1. The number of fused-ring (bicyclic) bond motifs is 2. The fourth-order valence-electron chi connectivity index (χ4n) is 7.92. The van der Waals surface area contributed by atoms with E-state index in [1.54, 1.807) is 20.2 Å². The molecule has 0 radical (unpaired) electrons. The van der Waals surface area contributed by atoms with Gasteiger partial charge in [-0.2, -0.15) is 0 Å². The first-order valence-corrected chi connectivity index (χ1v) is 24.0. The second kappa shape index (κ2) is 18.5. The highest BCUT2D eigenvalue weighted by atomic mass is 35.5. The number of halogens is 6. The minimum atomic E-state index is -4.98. The van der Waals surface area contributed by atoms with Gasteiger partial charge in [0.15, 0.2) is 11.6 Å². The highest BCUT2D eigenvalue weighted by Gasteiger charge is 2.39. The van der Waals surface area contributed by atoms with Crippen LogP contribution in [0, 0.1) is 23.3 Å². The molecule has 21 heteroatoms. The molecule has 8 rings (SSSR count). The number of anilines is 5. The number of carbonyl (C=O) groups is 4. The molecule has 0 atom stereocenters. The first-order chi connectivity index (χ1) is 32.2. The average Bonchev–Trinajstić information content (AvgIpc) is 3.27. The van der Waals surface area contributed by atoms with Crippen molar-refractivity contribution < 1.29 is 53.6 Å². The van der Waals surface area contributed by atoms with Crippen LogP contribution in [0.3, 0.4) is 0 Å². The zero-order valence-electron chi connectivity index (χ0n) is 35.6. The van der Waals surface area contributed by atoms with E-state index in [-0.39, 0.29) is 69.6 Å². The summed E-state index contributed by atoms with van der Waals surface area (Å²) in [6.07, 6.45) is -0.494. The third-order valence-corrected chi connectivity index (χ3v) is 15.2. The van der Waals surface area contributed by atoms with Crippen LogP contribution in [-0.2, 0) is 49.0 Å². The molecule has 6 aromatic carbocycles. The summed E-state index contributed by atoms with van der Waals surface area (Å²) in [5.41, 5.74) is -1.67. The van der Waals surface area contributed by atoms with Crippen molar-refractivity contribution >= 4 is 95.3 Å². The van der Waals surface area contributed by atoms with Gasteiger partial charge in [0.05, 0.1) is 59.4 Å². The standard InChI is InChI=1S/C47H35Cl2F4N5O8S2/c1-55(2)25-26-5-3-6-31(21-26)67(63,64)57-39-22-29(13-9-27(39)11-19-41(57)59)56(47(62)44-36(52)17-18-38(45(44)49)54-46(61)43-33(48)7-4-8-35(43)51)30-14-10-28-12-20-42(60)58(40(28)23-30)68(65,66)32-15-16-34(50)37(53)24-32/h3-10,13-18,21-24H,11-12,19-20,25H2,1-2H3,(H,54,61). The number of sulfonamides is 2. The molecule has 0 saturated heterocycles. The van der Waals surface area contributed by atoms with E-state index in [4.69, 9.17) is 23.2 Å². The van der Waals surface area contributed by atoms with Crippen molar-refractivity contribution in [3.63, 3.8) is 0 Å². The van der Waals surface area contributed by atoms with Gasteiger partial charge in [0.25, 0.3) is 31.9 Å². The highest BCUT2D eigenvalue weighted by Crippen LogP contribution is 2.43. The lowest BCUT2D eigenvalue weighted by atomic mass is 10.00. The molecule has 13 nitrogen and oxygen atoms in total. The Bertz CT molecular complexity index is 3340. The Kier molecular flexibility index (Phi) is 13.0. The summed E-state index contributed by atoms with van der Waals surface area (Å²) in [6, 6.07) is 20.7. The Morgan fingerprint density at radius 1 is 0.618 bits per heavy atom. The lowest BCUT2D eigenvalue weighted by Crippen LogP contribution is -2.41. The number of carbonyl (C=O) groups excluding carboxylic acids is 4. The molecular weight excluding hydrogens is 974 g/mol.